The summed E-state index contributed by atoms with van der Waals surface area (Å²) < 4.78 is 18.7. The first-order valence-corrected chi connectivity index (χ1v) is 8.91. The van der Waals surface area contributed by atoms with Crippen molar-refractivity contribution in [2.75, 3.05) is 27.7 Å². The van der Waals surface area contributed by atoms with E-state index in [0.29, 0.717) is 6.54 Å². The van der Waals surface area contributed by atoms with Gasteiger partial charge in [-0.1, -0.05) is 12.1 Å². The van der Waals surface area contributed by atoms with E-state index in [1.54, 1.807) is 26.3 Å². The summed E-state index contributed by atoms with van der Waals surface area (Å²) in [7, 11) is 5.43. The largest absolute Gasteiger partial charge is 0.497 e. The van der Waals surface area contributed by atoms with Gasteiger partial charge in [-0.3, -0.25) is 4.99 Å². The predicted octanol–water partition coefficient (Wildman–Crippen LogP) is 3.57. The monoisotopic (exact) mass is 368 g/mol. The number of H-pyrrole nitrogens is 1. The highest BCUT2D eigenvalue weighted by Gasteiger charge is 2.08. The molecular formula is C21H25FN4O. The molecule has 0 fully saturated rings. The summed E-state index contributed by atoms with van der Waals surface area (Å²) in [6.07, 6.45) is 2.72. The molecule has 0 aliphatic carbocycles. The summed E-state index contributed by atoms with van der Waals surface area (Å²) in [5, 5.41) is 4.30. The number of rotatable bonds is 6. The molecule has 0 amide bonds. The van der Waals surface area contributed by atoms with Crippen molar-refractivity contribution in [3.8, 4) is 5.75 Å². The molecule has 0 saturated carbocycles. The van der Waals surface area contributed by atoms with Gasteiger partial charge in [-0.2, -0.15) is 0 Å². The first-order chi connectivity index (χ1) is 13.1. The van der Waals surface area contributed by atoms with Gasteiger partial charge in [0.1, 0.15) is 11.6 Å². The highest BCUT2D eigenvalue weighted by atomic mass is 19.1. The lowest BCUT2D eigenvalue weighted by Gasteiger charge is -2.22. The third-order valence-electron chi connectivity index (χ3n) is 4.56. The Bertz CT molecular complexity index is 918. The second-order valence-electron chi connectivity index (χ2n) is 6.43. The Morgan fingerprint density at radius 2 is 2.00 bits per heavy atom. The number of fused-ring (bicyclic) bond motifs is 1. The van der Waals surface area contributed by atoms with E-state index in [9.17, 15) is 4.39 Å². The van der Waals surface area contributed by atoms with Crippen molar-refractivity contribution >= 4 is 16.9 Å². The third kappa shape index (κ3) is 4.58. The van der Waals surface area contributed by atoms with Gasteiger partial charge in [0.15, 0.2) is 5.96 Å². The van der Waals surface area contributed by atoms with Crippen LogP contribution < -0.4 is 10.1 Å². The minimum atomic E-state index is -0.216. The van der Waals surface area contributed by atoms with Gasteiger partial charge in [0, 0.05) is 44.3 Å². The van der Waals surface area contributed by atoms with E-state index in [4.69, 9.17) is 4.74 Å². The highest BCUT2D eigenvalue weighted by Crippen LogP contribution is 2.19. The van der Waals surface area contributed by atoms with E-state index in [-0.39, 0.29) is 5.82 Å². The molecule has 142 valence electrons. The van der Waals surface area contributed by atoms with Gasteiger partial charge < -0.3 is 19.9 Å². The average molecular weight is 368 g/mol. The van der Waals surface area contributed by atoms with Crippen molar-refractivity contribution in [3.63, 3.8) is 0 Å². The summed E-state index contributed by atoms with van der Waals surface area (Å²) in [6.45, 7) is 1.45. The zero-order valence-corrected chi connectivity index (χ0v) is 15.9. The fraction of sp³-hybridized carbons (Fsp3) is 0.286. The highest BCUT2D eigenvalue weighted by molar-refractivity contribution is 5.83. The number of halogens is 1. The maximum atomic E-state index is 13.5. The number of guanidine groups is 1. The lowest BCUT2D eigenvalue weighted by atomic mass is 10.1. The van der Waals surface area contributed by atoms with Crippen LogP contribution in [0.25, 0.3) is 10.9 Å². The fourth-order valence-electron chi connectivity index (χ4n) is 3.13. The van der Waals surface area contributed by atoms with Gasteiger partial charge in [-0.25, -0.2) is 4.39 Å². The molecule has 27 heavy (non-hydrogen) atoms. The van der Waals surface area contributed by atoms with E-state index >= 15 is 0 Å². The molecule has 0 atom stereocenters. The zero-order chi connectivity index (χ0) is 19.2. The number of ether oxygens (including phenoxy) is 1. The molecule has 1 heterocycles. The van der Waals surface area contributed by atoms with Crippen LogP contribution in [0.15, 0.2) is 53.7 Å². The summed E-state index contributed by atoms with van der Waals surface area (Å²) in [5.74, 6) is 1.45. The minimum absolute atomic E-state index is 0.216. The van der Waals surface area contributed by atoms with Gasteiger partial charge in [0.2, 0.25) is 0 Å². The quantitative estimate of drug-likeness (QED) is 0.517. The van der Waals surface area contributed by atoms with Crippen LogP contribution in [0.1, 0.15) is 11.1 Å². The van der Waals surface area contributed by atoms with Crippen LogP contribution in [0, 0.1) is 5.82 Å². The van der Waals surface area contributed by atoms with Crippen LogP contribution in [0.2, 0.25) is 0 Å². The first kappa shape index (κ1) is 18.8. The smallest absolute Gasteiger partial charge is 0.193 e. The van der Waals surface area contributed by atoms with E-state index in [2.05, 4.69) is 20.2 Å². The van der Waals surface area contributed by atoms with Crippen molar-refractivity contribution < 1.29 is 9.13 Å². The summed E-state index contributed by atoms with van der Waals surface area (Å²) in [5.41, 5.74) is 3.21. The van der Waals surface area contributed by atoms with Crippen molar-refractivity contribution in [3.05, 3.63) is 65.6 Å². The Balaban J connectivity index is 1.57. The lowest BCUT2D eigenvalue weighted by molar-refractivity contribution is 0.414. The van der Waals surface area contributed by atoms with E-state index < -0.39 is 0 Å². The average Bonchev–Trinajstić information content (AvgIpc) is 3.08. The number of aliphatic imine (C=N–C) groups is 1. The van der Waals surface area contributed by atoms with Gasteiger partial charge in [0.05, 0.1) is 7.11 Å². The number of methoxy groups -OCH3 is 1. The van der Waals surface area contributed by atoms with Crippen molar-refractivity contribution in [2.45, 2.75) is 13.0 Å². The van der Waals surface area contributed by atoms with Crippen molar-refractivity contribution in [1.82, 2.24) is 15.2 Å². The normalized spacial score (nSPS) is 11.6. The number of nitrogens with one attached hydrogen (secondary N) is 2. The minimum Gasteiger partial charge on any atom is -0.497 e. The standard InChI is InChI=1S/C21H25FN4O/c1-23-21(26(2)14-15-4-7-18(27-3)8-5-15)24-11-10-16-13-25-20-9-6-17(22)12-19(16)20/h4-9,12-13,25H,10-11,14H2,1-3H3,(H,23,24). The molecule has 0 spiro atoms. The van der Waals surface area contributed by atoms with Crippen molar-refractivity contribution in [1.29, 1.82) is 0 Å². The van der Waals surface area contributed by atoms with Crippen LogP contribution in [0.3, 0.4) is 0 Å². The number of nitrogens with zero attached hydrogens (tertiary/aromatic N) is 2. The number of aromatic amines is 1. The van der Waals surface area contributed by atoms with Gasteiger partial charge in [0.25, 0.3) is 0 Å². The van der Waals surface area contributed by atoms with Crippen LogP contribution in [0.4, 0.5) is 4.39 Å². The van der Waals surface area contributed by atoms with Gasteiger partial charge >= 0.3 is 0 Å². The summed E-state index contributed by atoms with van der Waals surface area (Å²) in [6, 6.07) is 12.8. The Hall–Kier alpha value is -3.02. The van der Waals surface area contributed by atoms with E-state index in [1.165, 1.54) is 11.6 Å². The molecule has 0 radical (unpaired) electrons. The third-order valence-corrected chi connectivity index (χ3v) is 4.56. The maximum absolute atomic E-state index is 13.5. The molecule has 0 aliphatic rings. The number of aromatic nitrogens is 1. The topological polar surface area (TPSA) is 52.7 Å². The van der Waals surface area contributed by atoms with Crippen LogP contribution in [0.5, 0.6) is 5.75 Å². The fourth-order valence-corrected chi connectivity index (χ4v) is 3.13. The SMILES string of the molecule is CN=C(NCCc1c[nH]c2ccc(F)cc12)N(C)Cc1ccc(OC)cc1. The molecule has 1 aromatic heterocycles. The summed E-state index contributed by atoms with van der Waals surface area (Å²) in [4.78, 5) is 9.61. The second-order valence-corrected chi connectivity index (χ2v) is 6.43. The van der Waals surface area contributed by atoms with E-state index in [1.807, 2.05) is 37.5 Å². The summed E-state index contributed by atoms with van der Waals surface area (Å²) >= 11 is 0. The number of hydrogen-bond acceptors (Lipinski definition) is 2. The van der Waals surface area contributed by atoms with Gasteiger partial charge in [-0.15, -0.1) is 0 Å². The number of benzene rings is 2. The molecule has 3 rings (SSSR count). The van der Waals surface area contributed by atoms with Crippen LogP contribution in [-0.2, 0) is 13.0 Å². The first-order valence-electron chi connectivity index (χ1n) is 8.91. The van der Waals surface area contributed by atoms with Crippen LogP contribution >= 0.6 is 0 Å². The van der Waals surface area contributed by atoms with Gasteiger partial charge in [-0.05, 0) is 47.9 Å². The number of hydrogen-bond donors (Lipinski definition) is 2. The van der Waals surface area contributed by atoms with Crippen molar-refractivity contribution in [2.24, 2.45) is 4.99 Å². The predicted molar refractivity (Wildman–Crippen MR) is 108 cm³/mol. The Morgan fingerprint density at radius 3 is 2.70 bits per heavy atom. The zero-order valence-electron chi connectivity index (χ0n) is 15.9. The Kier molecular flexibility index (Phi) is 5.96. The molecule has 0 unspecified atom stereocenters. The van der Waals surface area contributed by atoms with E-state index in [0.717, 1.165) is 41.1 Å². The molecule has 0 saturated heterocycles. The lowest BCUT2D eigenvalue weighted by Crippen LogP contribution is -2.39. The molecule has 5 nitrogen and oxygen atoms in total. The molecule has 0 bridgehead atoms. The Labute approximate surface area is 158 Å². The molecule has 3 aromatic rings. The molecule has 2 aromatic carbocycles. The maximum Gasteiger partial charge on any atom is 0.193 e. The molecule has 0 aliphatic heterocycles. The molecule has 6 heteroatoms. The molecule has 2 N–H and O–H groups in total. The second kappa shape index (κ2) is 8.58. The Morgan fingerprint density at radius 1 is 1.22 bits per heavy atom. The molecular weight excluding hydrogens is 343 g/mol. The van der Waals surface area contributed by atoms with Crippen LogP contribution in [-0.4, -0.2) is 43.6 Å².